The molecular weight excluding hydrogens is 300 g/mol. The minimum absolute atomic E-state index is 0.0309. The summed E-state index contributed by atoms with van der Waals surface area (Å²) in [5.74, 6) is -0.0469. The van der Waals surface area contributed by atoms with Crippen LogP contribution in [0.25, 0.3) is 0 Å². The van der Waals surface area contributed by atoms with Crippen LogP contribution in [0.2, 0.25) is 0 Å². The molecule has 0 aromatic rings. The number of aliphatic hydroxyl groups is 1. The van der Waals surface area contributed by atoms with E-state index in [0.29, 0.717) is 12.8 Å². The van der Waals surface area contributed by atoms with E-state index < -0.39 is 6.10 Å². The lowest BCUT2D eigenvalue weighted by Gasteiger charge is -2.27. The van der Waals surface area contributed by atoms with Crippen LogP contribution in [-0.2, 0) is 9.53 Å². The largest absolute Gasteiger partial charge is 0.462 e. The minimum Gasteiger partial charge on any atom is -0.462 e. The highest BCUT2D eigenvalue weighted by Gasteiger charge is 2.44. The molecule has 4 heteroatoms. The van der Waals surface area contributed by atoms with Crippen LogP contribution < -0.4 is 0 Å². The van der Waals surface area contributed by atoms with E-state index in [9.17, 15) is 9.90 Å². The van der Waals surface area contributed by atoms with Crippen molar-refractivity contribution in [1.82, 2.24) is 0 Å². The zero-order valence-electron chi connectivity index (χ0n) is 13.3. The van der Waals surface area contributed by atoms with Crippen LogP contribution >= 0.6 is 11.6 Å². The number of ether oxygens (including phenoxy) is 1. The van der Waals surface area contributed by atoms with E-state index in [0.717, 1.165) is 32.1 Å². The Morgan fingerprint density at radius 2 is 2.14 bits per heavy atom. The van der Waals surface area contributed by atoms with Crippen molar-refractivity contribution in [3.8, 4) is 0 Å². The monoisotopic (exact) mass is 326 g/mol. The van der Waals surface area contributed by atoms with E-state index in [4.69, 9.17) is 16.3 Å². The maximum atomic E-state index is 12.0. The number of allylic oxidation sites excluding steroid dienone is 3. The van der Waals surface area contributed by atoms with E-state index >= 15 is 0 Å². The Morgan fingerprint density at radius 3 is 2.91 bits per heavy atom. The van der Waals surface area contributed by atoms with Gasteiger partial charge in [-0.05, 0) is 38.5 Å². The van der Waals surface area contributed by atoms with Gasteiger partial charge in [0.25, 0.3) is 0 Å². The number of hydrogen-bond acceptors (Lipinski definition) is 3. The average Bonchev–Trinajstić information content (AvgIpc) is 2.78. The van der Waals surface area contributed by atoms with Crippen LogP contribution in [0.15, 0.2) is 24.3 Å². The number of halogens is 1. The fourth-order valence-electron chi connectivity index (χ4n) is 3.47. The van der Waals surface area contributed by atoms with Gasteiger partial charge in [-0.2, -0.15) is 0 Å². The minimum atomic E-state index is -0.562. The van der Waals surface area contributed by atoms with Gasteiger partial charge in [-0.15, -0.1) is 11.6 Å². The van der Waals surface area contributed by atoms with Crippen molar-refractivity contribution in [3.05, 3.63) is 24.3 Å². The molecule has 0 radical (unpaired) electrons. The van der Waals surface area contributed by atoms with E-state index in [1.54, 1.807) is 0 Å². The van der Waals surface area contributed by atoms with Crippen molar-refractivity contribution in [2.24, 2.45) is 11.8 Å². The molecule has 0 spiro atoms. The summed E-state index contributed by atoms with van der Waals surface area (Å²) >= 11 is 6.26. The number of rotatable bonds is 1. The van der Waals surface area contributed by atoms with Crippen LogP contribution in [0, 0.1) is 11.8 Å². The average molecular weight is 327 g/mol. The van der Waals surface area contributed by atoms with Gasteiger partial charge in [-0.1, -0.05) is 31.2 Å². The zero-order chi connectivity index (χ0) is 15.9. The molecule has 1 fully saturated rings. The summed E-state index contributed by atoms with van der Waals surface area (Å²) in [6.07, 6.45) is 13.4. The third-order valence-electron chi connectivity index (χ3n) is 4.72. The molecule has 1 saturated carbocycles. The van der Waals surface area contributed by atoms with Gasteiger partial charge >= 0.3 is 5.97 Å². The van der Waals surface area contributed by atoms with Gasteiger partial charge < -0.3 is 9.84 Å². The number of aliphatic hydroxyl groups excluding tert-OH is 1. The van der Waals surface area contributed by atoms with Gasteiger partial charge in [0, 0.05) is 18.3 Å². The van der Waals surface area contributed by atoms with Crippen molar-refractivity contribution >= 4 is 17.6 Å². The molecule has 1 unspecified atom stereocenters. The number of carbonyl (C=O) groups is 1. The summed E-state index contributed by atoms with van der Waals surface area (Å²) in [6, 6.07) is 0. The summed E-state index contributed by atoms with van der Waals surface area (Å²) in [6.45, 7) is 2.03. The second kappa shape index (κ2) is 8.73. The molecule has 124 valence electrons. The third-order valence-corrected chi connectivity index (χ3v) is 5.15. The Balaban J connectivity index is 2.16. The normalized spacial score (nSPS) is 40.3. The molecular formula is C18H27ClO3. The Hall–Kier alpha value is -0.800. The zero-order valence-corrected chi connectivity index (χ0v) is 14.0. The van der Waals surface area contributed by atoms with Crippen LogP contribution in [0.3, 0.4) is 0 Å². The van der Waals surface area contributed by atoms with Crippen LogP contribution in [0.4, 0.5) is 0 Å². The molecule has 22 heavy (non-hydrogen) atoms. The number of esters is 1. The third kappa shape index (κ3) is 4.60. The van der Waals surface area contributed by atoms with E-state index in [-0.39, 0.29) is 29.3 Å². The number of hydrogen-bond donors (Lipinski definition) is 1. The topological polar surface area (TPSA) is 46.5 Å². The molecule has 0 amide bonds. The predicted octanol–water partition coefficient (Wildman–Crippen LogP) is 3.99. The lowest BCUT2D eigenvalue weighted by Crippen LogP contribution is -2.31. The summed E-state index contributed by atoms with van der Waals surface area (Å²) in [5.41, 5.74) is 0. The van der Waals surface area contributed by atoms with Crippen LogP contribution in [0.1, 0.15) is 51.9 Å². The molecule has 0 saturated heterocycles. The fraction of sp³-hybridized carbons (Fsp3) is 0.722. The SMILES string of the molecule is CC[C@@H]1OC(=O)CCCC/C=C\C/C=C\[C@@H]2C(O)[C@H](Cl)C[C@@H]12. The summed E-state index contributed by atoms with van der Waals surface area (Å²) < 4.78 is 5.69. The lowest BCUT2D eigenvalue weighted by molar-refractivity contribution is -0.153. The van der Waals surface area contributed by atoms with Crippen molar-refractivity contribution in [2.45, 2.75) is 69.5 Å². The molecule has 2 rings (SSSR count). The van der Waals surface area contributed by atoms with Gasteiger partial charge in [0.2, 0.25) is 0 Å². The smallest absolute Gasteiger partial charge is 0.306 e. The quantitative estimate of drug-likeness (QED) is 0.450. The van der Waals surface area contributed by atoms with Crippen molar-refractivity contribution in [1.29, 1.82) is 0 Å². The Labute approximate surface area is 138 Å². The highest BCUT2D eigenvalue weighted by molar-refractivity contribution is 6.21. The summed E-state index contributed by atoms with van der Waals surface area (Å²) in [7, 11) is 0. The maximum Gasteiger partial charge on any atom is 0.306 e. The lowest BCUT2D eigenvalue weighted by atomic mass is 9.88. The first-order valence-electron chi connectivity index (χ1n) is 8.46. The highest BCUT2D eigenvalue weighted by Crippen LogP contribution is 2.40. The number of fused-ring (bicyclic) bond motifs is 1. The van der Waals surface area contributed by atoms with E-state index in [2.05, 4.69) is 24.3 Å². The highest BCUT2D eigenvalue weighted by atomic mass is 35.5. The molecule has 1 heterocycles. The van der Waals surface area contributed by atoms with Gasteiger partial charge in [0.1, 0.15) is 6.10 Å². The second-order valence-electron chi connectivity index (χ2n) is 6.30. The van der Waals surface area contributed by atoms with Crippen molar-refractivity contribution in [2.75, 3.05) is 0 Å². The predicted molar refractivity (Wildman–Crippen MR) is 88.8 cm³/mol. The van der Waals surface area contributed by atoms with Gasteiger partial charge in [0.15, 0.2) is 0 Å². The fourth-order valence-corrected chi connectivity index (χ4v) is 3.84. The van der Waals surface area contributed by atoms with Crippen molar-refractivity contribution in [3.63, 3.8) is 0 Å². The first kappa shape index (κ1) is 17.6. The molecule has 1 aliphatic carbocycles. The van der Waals surface area contributed by atoms with Gasteiger partial charge in [0.05, 0.1) is 11.5 Å². The molecule has 2 aliphatic rings. The maximum absolute atomic E-state index is 12.0. The van der Waals surface area contributed by atoms with Crippen LogP contribution in [0.5, 0.6) is 0 Å². The molecule has 1 N–H and O–H groups in total. The Kier molecular flexibility index (Phi) is 6.97. The molecule has 0 aromatic carbocycles. The van der Waals surface area contributed by atoms with E-state index in [1.165, 1.54) is 0 Å². The van der Waals surface area contributed by atoms with E-state index in [1.807, 2.05) is 6.92 Å². The molecule has 5 atom stereocenters. The van der Waals surface area contributed by atoms with Crippen LogP contribution in [-0.4, -0.2) is 28.7 Å². The van der Waals surface area contributed by atoms with Crippen molar-refractivity contribution < 1.29 is 14.6 Å². The number of cyclic esters (lactones) is 1. The van der Waals surface area contributed by atoms with Gasteiger partial charge in [-0.3, -0.25) is 4.79 Å². The molecule has 0 bridgehead atoms. The Bertz CT molecular complexity index is 419. The molecule has 1 aliphatic heterocycles. The van der Waals surface area contributed by atoms with Gasteiger partial charge in [-0.25, -0.2) is 0 Å². The standard InChI is InChI=1S/C18H27ClO3/c1-2-16-14-12-15(19)18(21)13(14)10-8-6-4-3-5-7-9-11-17(20)22-16/h3-4,8,10,13-16,18,21H,2,5-7,9,11-12H2,1H3/b4-3-,10-8-/t13-,14+,15+,16-,18?/m0/s1. The summed E-state index contributed by atoms with van der Waals surface area (Å²) in [5, 5.41) is 10.1. The summed E-state index contributed by atoms with van der Waals surface area (Å²) in [4.78, 5) is 12.0. The number of alkyl halides is 1. The second-order valence-corrected chi connectivity index (χ2v) is 6.86. The Morgan fingerprint density at radius 1 is 1.32 bits per heavy atom. The molecule has 0 aromatic heterocycles. The first-order valence-corrected chi connectivity index (χ1v) is 8.90. The molecule has 3 nitrogen and oxygen atoms in total. The first-order chi connectivity index (χ1) is 10.6. The number of carbonyl (C=O) groups excluding carboxylic acids is 1.